The quantitative estimate of drug-likeness (QED) is 0.877. The molecule has 0 radical (unpaired) electrons. The van der Waals surface area contributed by atoms with E-state index in [0.717, 1.165) is 43.9 Å². The van der Waals surface area contributed by atoms with Crippen LogP contribution in [0.1, 0.15) is 18.4 Å². The topological polar surface area (TPSA) is 36.9 Å². The van der Waals surface area contributed by atoms with Crippen molar-refractivity contribution >= 4 is 5.96 Å². The van der Waals surface area contributed by atoms with Crippen molar-refractivity contribution < 1.29 is 4.74 Å². The summed E-state index contributed by atoms with van der Waals surface area (Å²) in [7, 11) is 2.06. The van der Waals surface area contributed by atoms with Crippen LogP contribution in [0.15, 0.2) is 29.3 Å². The second kappa shape index (κ2) is 5.51. The predicted molar refractivity (Wildman–Crippen MR) is 76.4 cm³/mol. The van der Waals surface area contributed by atoms with Gasteiger partial charge in [-0.25, -0.2) is 0 Å². The van der Waals surface area contributed by atoms with Crippen molar-refractivity contribution in [1.82, 2.24) is 10.2 Å². The molecule has 0 spiro atoms. The first kappa shape index (κ1) is 12.3. The third-order valence-electron chi connectivity index (χ3n) is 3.64. The number of rotatable bonds is 5. The molecular formula is C15H21N3O. The Balaban J connectivity index is 1.59. The van der Waals surface area contributed by atoms with Crippen molar-refractivity contribution in [3.05, 3.63) is 29.8 Å². The largest absolute Gasteiger partial charge is 0.493 e. The molecule has 0 bridgehead atoms. The maximum atomic E-state index is 5.91. The normalized spacial score (nSPS) is 18.4. The fraction of sp³-hybridized carbons (Fsp3) is 0.533. The lowest BCUT2D eigenvalue weighted by Gasteiger charge is -2.17. The molecule has 1 N–H and O–H groups in total. The molecule has 3 rings (SSSR count). The highest BCUT2D eigenvalue weighted by Crippen LogP contribution is 2.30. The summed E-state index contributed by atoms with van der Waals surface area (Å²) in [4.78, 5) is 6.58. The van der Waals surface area contributed by atoms with E-state index in [1.54, 1.807) is 0 Å². The molecule has 0 unspecified atom stereocenters. The molecular weight excluding hydrogens is 238 g/mol. The van der Waals surface area contributed by atoms with Crippen molar-refractivity contribution in [2.24, 2.45) is 10.9 Å². The van der Waals surface area contributed by atoms with E-state index in [4.69, 9.17) is 4.74 Å². The van der Waals surface area contributed by atoms with Crippen molar-refractivity contribution in [1.29, 1.82) is 0 Å². The number of aliphatic imine (C=N–C) groups is 1. The van der Waals surface area contributed by atoms with E-state index >= 15 is 0 Å². The Morgan fingerprint density at radius 2 is 2.21 bits per heavy atom. The van der Waals surface area contributed by atoms with Gasteiger partial charge in [-0.3, -0.25) is 4.99 Å². The van der Waals surface area contributed by atoms with Crippen molar-refractivity contribution in [3.8, 4) is 5.75 Å². The molecule has 19 heavy (non-hydrogen) atoms. The van der Waals surface area contributed by atoms with E-state index in [9.17, 15) is 0 Å². The zero-order valence-electron chi connectivity index (χ0n) is 11.4. The minimum absolute atomic E-state index is 0.768. The summed E-state index contributed by atoms with van der Waals surface area (Å²) >= 11 is 0. The van der Waals surface area contributed by atoms with Crippen LogP contribution in [0.5, 0.6) is 5.75 Å². The van der Waals surface area contributed by atoms with Crippen LogP contribution in [-0.2, 0) is 6.54 Å². The van der Waals surface area contributed by atoms with E-state index in [-0.39, 0.29) is 0 Å². The van der Waals surface area contributed by atoms with Gasteiger partial charge in [0.15, 0.2) is 5.96 Å². The highest BCUT2D eigenvalue weighted by Gasteiger charge is 2.22. The number of likely N-dealkylation sites (N-methyl/N-ethyl adjacent to an activating group) is 1. The molecule has 1 aromatic carbocycles. The summed E-state index contributed by atoms with van der Waals surface area (Å²) < 4.78 is 5.91. The Morgan fingerprint density at radius 1 is 1.37 bits per heavy atom. The van der Waals surface area contributed by atoms with Gasteiger partial charge in [-0.05, 0) is 24.8 Å². The van der Waals surface area contributed by atoms with Gasteiger partial charge in [-0.1, -0.05) is 18.2 Å². The van der Waals surface area contributed by atoms with Crippen LogP contribution in [0.2, 0.25) is 0 Å². The van der Waals surface area contributed by atoms with Crippen molar-refractivity contribution in [2.75, 3.05) is 26.7 Å². The van der Waals surface area contributed by atoms with Crippen LogP contribution in [0.3, 0.4) is 0 Å². The fourth-order valence-electron chi connectivity index (χ4n) is 2.18. The van der Waals surface area contributed by atoms with E-state index < -0.39 is 0 Å². The van der Waals surface area contributed by atoms with Crippen LogP contribution in [0.4, 0.5) is 0 Å². The van der Waals surface area contributed by atoms with Crippen LogP contribution in [0, 0.1) is 5.92 Å². The Bertz CT molecular complexity index is 468. The highest BCUT2D eigenvalue weighted by molar-refractivity contribution is 5.81. The smallest absolute Gasteiger partial charge is 0.194 e. The first-order valence-corrected chi connectivity index (χ1v) is 7.03. The minimum atomic E-state index is 0.768. The van der Waals surface area contributed by atoms with Crippen molar-refractivity contribution in [2.45, 2.75) is 19.4 Å². The van der Waals surface area contributed by atoms with Gasteiger partial charge in [-0.15, -0.1) is 0 Å². The van der Waals surface area contributed by atoms with Crippen molar-refractivity contribution in [3.63, 3.8) is 0 Å². The fourth-order valence-corrected chi connectivity index (χ4v) is 2.18. The number of guanidine groups is 1. The Kier molecular flexibility index (Phi) is 3.58. The Hall–Kier alpha value is -1.71. The highest BCUT2D eigenvalue weighted by atomic mass is 16.5. The van der Waals surface area contributed by atoms with Crippen LogP contribution in [-0.4, -0.2) is 37.6 Å². The number of benzene rings is 1. The standard InChI is InChI=1S/C15H21N3O/c1-18-9-8-16-15(18)17-10-13-4-2-3-5-14(13)19-11-12-6-7-12/h2-5,12H,6-11H2,1H3,(H,16,17). The summed E-state index contributed by atoms with van der Waals surface area (Å²) in [6.07, 6.45) is 2.64. The Morgan fingerprint density at radius 3 is 2.95 bits per heavy atom. The lowest BCUT2D eigenvalue weighted by atomic mass is 10.2. The monoisotopic (exact) mass is 259 g/mol. The molecule has 2 aliphatic rings. The van der Waals surface area contributed by atoms with Gasteiger partial charge in [0.25, 0.3) is 0 Å². The minimum Gasteiger partial charge on any atom is -0.493 e. The van der Waals surface area contributed by atoms with Gasteiger partial charge in [-0.2, -0.15) is 0 Å². The number of hydrogen-bond donors (Lipinski definition) is 1. The number of nitrogens with one attached hydrogen (secondary N) is 1. The maximum absolute atomic E-state index is 5.91. The second-order valence-corrected chi connectivity index (χ2v) is 5.34. The van der Waals surface area contributed by atoms with Crippen LogP contribution >= 0.6 is 0 Å². The lowest BCUT2D eigenvalue weighted by molar-refractivity contribution is 0.296. The zero-order valence-corrected chi connectivity index (χ0v) is 11.4. The van der Waals surface area contributed by atoms with E-state index in [0.29, 0.717) is 0 Å². The van der Waals surface area contributed by atoms with Gasteiger partial charge in [0, 0.05) is 25.7 Å². The zero-order chi connectivity index (χ0) is 13.1. The molecule has 102 valence electrons. The predicted octanol–water partition coefficient (Wildman–Crippen LogP) is 1.87. The molecule has 0 atom stereocenters. The molecule has 1 aliphatic heterocycles. The van der Waals surface area contributed by atoms with Gasteiger partial charge in [0.2, 0.25) is 0 Å². The molecule has 4 nitrogen and oxygen atoms in total. The Labute approximate surface area is 114 Å². The molecule has 1 saturated carbocycles. The van der Waals surface area contributed by atoms with Gasteiger partial charge in [0.05, 0.1) is 13.2 Å². The number of nitrogens with zero attached hydrogens (tertiary/aromatic N) is 2. The molecule has 0 amide bonds. The summed E-state index contributed by atoms with van der Waals surface area (Å²) in [5.74, 6) is 2.77. The molecule has 0 aromatic heterocycles. The molecule has 1 fully saturated rings. The lowest BCUT2D eigenvalue weighted by Crippen LogP contribution is -2.35. The number of hydrogen-bond acceptors (Lipinski definition) is 4. The molecule has 1 aliphatic carbocycles. The summed E-state index contributed by atoms with van der Waals surface area (Å²) in [6, 6.07) is 8.26. The van der Waals surface area contributed by atoms with Crippen LogP contribution < -0.4 is 10.1 Å². The molecule has 1 heterocycles. The summed E-state index contributed by atoms with van der Waals surface area (Å²) in [5, 5.41) is 3.39. The first-order chi connectivity index (χ1) is 9.33. The number of para-hydroxylation sites is 1. The van der Waals surface area contributed by atoms with E-state index in [2.05, 4.69) is 40.5 Å². The SMILES string of the molecule is CN1CCN=C1NCc1ccccc1OCC1CC1. The van der Waals surface area contributed by atoms with Gasteiger partial charge >= 0.3 is 0 Å². The molecule has 0 saturated heterocycles. The van der Waals surface area contributed by atoms with Gasteiger partial charge < -0.3 is 15.0 Å². The second-order valence-electron chi connectivity index (χ2n) is 5.34. The average molecular weight is 259 g/mol. The van der Waals surface area contributed by atoms with E-state index in [1.165, 1.54) is 18.4 Å². The third kappa shape index (κ3) is 3.19. The van der Waals surface area contributed by atoms with Gasteiger partial charge in [0.1, 0.15) is 5.75 Å². The third-order valence-corrected chi connectivity index (χ3v) is 3.64. The van der Waals surface area contributed by atoms with E-state index in [1.807, 2.05) is 6.07 Å². The van der Waals surface area contributed by atoms with Crippen LogP contribution in [0.25, 0.3) is 0 Å². The summed E-state index contributed by atoms with van der Waals surface area (Å²) in [6.45, 7) is 3.52. The molecule has 4 heteroatoms. The maximum Gasteiger partial charge on any atom is 0.194 e. The average Bonchev–Trinajstić information content (AvgIpc) is 3.17. The first-order valence-electron chi connectivity index (χ1n) is 7.03. The summed E-state index contributed by atoms with van der Waals surface area (Å²) in [5.41, 5.74) is 1.20. The number of ether oxygens (including phenoxy) is 1. The molecule has 1 aromatic rings.